The summed E-state index contributed by atoms with van der Waals surface area (Å²) in [4.78, 5) is 41.4. The van der Waals surface area contributed by atoms with Gasteiger partial charge in [0.05, 0.1) is 18.2 Å². The summed E-state index contributed by atoms with van der Waals surface area (Å²) in [6, 6.07) is 10.8. The Morgan fingerprint density at radius 1 is 1.06 bits per heavy atom. The monoisotopic (exact) mass is 514 g/mol. The van der Waals surface area contributed by atoms with E-state index in [0.29, 0.717) is 16.3 Å². The number of fused-ring (bicyclic) bond motifs is 2. The fraction of sp³-hybridized carbons (Fsp3) is 0.444. The van der Waals surface area contributed by atoms with Crippen LogP contribution in [-0.2, 0) is 20.9 Å². The van der Waals surface area contributed by atoms with Gasteiger partial charge in [0.25, 0.3) is 0 Å². The van der Waals surface area contributed by atoms with Crippen LogP contribution in [0.5, 0.6) is 0 Å². The van der Waals surface area contributed by atoms with Crippen LogP contribution in [0.2, 0.25) is 5.02 Å². The second-order valence-electron chi connectivity index (χ2n) is 9.79. The zero-order chi connectivity index (χ0) is 25.4. The maximum Gasteiger partial charge on any atom is 0.414 e. The fourth-order valence-electron chi connectivity index (χ4n) is 5.71. The highest BCUT2D eigenvalue weighted by Gasteiger charge is 2.51. The average Bonchev–Trinajstić information content (AvgIpc) is 3.57. The summed E-state index contributed by atoms with van der Waals surface area (Å²) in [5.41, 5.74) is 2.13. The molecule has 2 aromatic carbocycles. The van der Waals surface area contributed by atoms with Crippen molar-refractivity contribution in [3.63, 3.8) is 0 Å². The summed E-state index contributed by atoms with van der Waals surface area (Å²) in [6.45, 7) is 0.00814. The summed E-state index contributed by atoms with van der Waals surface area (Å²) in [6.07, 6.45) is 3.52. The molecule has 2 aliphatic carbocycles. The number of rotatable bonds is 7. The Hall–Kier alpha value is -3.13. The molecule has 2 amide bonds. The Kier molecular flexibility index (Phi) is 6.88. The van der Waals surface area contributed by atoms with Gasteiger partial charge >= 0.3 is 12.1 Å². The van der Waals surface area contributed by atoms with Crippen molar-refractivity contribution in [2.24, 2.45) is 5.92 Å². The molecule has 36 heavy (non-hydrogen) atoms. The van der Waals surface area contributed by atoms with Gasteiger partial charge in [-0.1, -0.05) is 36.2 Å². The molecule has 2 fully saturated rings. The lowest BCUT2D eigenvalue weighted by molar-refractivity contribution is -0.142. The average molecular weight is 515 g/mol. The van der Waals surface area contributed by atoms with E-state index in [1.165, 1.54) is 12.1 Å². The van der Waals surface area contributed by atoms with Gasteiger partial charge < -0.3 is 14.7 Å². The van der Waals surface area contributed by atoms with Crippen LogP contribution in [-0.4, -0.2) is 40.1 Å². The van der Waals surface area contributed by atoms with Crippen LogP contribution in [0, 0.1) is 11.7 Å². The Morgan fingerprint density at radius 2 is 1.81 bits per heavy atom. The van der Waals surface area contributed by atoms with E-state index in [9.17, 15) is 18.8 Å². The highest BCUT2D eigenvalue weighted by atomic mass is 35.5. The van der Waals surface area contributed by atoms with Crippen LogP contribution in [0.25, 0.3) is 0 Å². The maximum absolute atomic E-state index is 13.4. The summed E-state index contributed by atoms with van der Waals surface area (Å²) < 4.78 is 18.9. The van der Waals surface area contributed by atoms with Gasteiger partial charge in [0.15, 0.2) is 0 Å². The maximum atomic E-state index is 13.4. The van der Waals surface area contributed by atoms with E-state index < -0.39 is 12.1 Å². The lowest BCUT2D eigenvalue weighted by Gasteiger charge is -2.47. The first-order valence-electron chi connectivity index (χ1n) is 12.4. The minimum absolute atomic E-state index is 0.00595. The quantitative estimate of drug-likeness (QED) is 0.512. The third kappa shape index (κ3) is 4.91. The fourth-order valence-corrected chi connectivity index (χ4v) is 5.88. The molecule has 2 saturated carbocycles. The Labute approximate surface area is 213 Å². The van der Waals surface area contributed by atoms with Gasteiger partial charge in [0, 0.05) is 29.4 Å². The summed E-state index contributed by atoms with van der Waals surface area (Å²) >= 11 is 6.37. The Balaban J connectivity index is 1.47. The van der Waals surface area contributed by atoms with Crippen molar-refractivity contribution in [2.75, 3.05) is 4.90 Å². The second kappa shape index (κ2) is 10.1. The first-order valence-corrected chi connectivity index (χ1v) is 12.7. The number of aliphatic carboxylic acids is 1. The van der Waals surface area contributed by atoms with Gasteiger partial charge in [-0.2, -0.15) is 0 Å². The first kappa shape index (κ1) is 24.6. The molecule has 9 heteroatoms. The highest BCUT2D eigenvalue weighted by Crippen LogP contribution is 2.53. The van der Waals surface area contributed by atoms with Gasteiger partial charge in [-0.15, -0.1) is 0 Å². The number of benzene rings is 2. The SMILES string of the molecule is O=C(O)CCC(=O)N(C1CC1)C1c2ccc(Cl)cc2N(C(=O)OCc2ccc(F)cc2)C2CCCC21. The van der Waals surface area contributed by atoms with E-state index >= 15 is 0 Å². The van der Waals surface area contributed by atoms with Crippen molar-refractivity contribution in [3.05, 3.63) is 64.4 Å². The van der Waals surface area contributed by atoms with Gasteiger partial charge in [-0.25, -0.2) is 9.18 Å². The molecule has 0 bridgehead atoms. The summed E-state index contributed by atoms with van der Waals surface area (Å²) in [7, 11) is 0. The van der Waals surface area contributed by atoms with Gasteiger partial charge in [0.1, 0.15) is 12.4 Å². The van der Waals surface area contributed by atoms with E-state index in [-0.39, 0.29) is 55.2 Å². The normalized spacial score (nSPS) is 22.5. The molecule has 0 radical (unpaired) electrons. The zero-order valence-electron chi connectivity index (χ0n) is 19.7. The van der Waals surface area contributed by atoms with Gasteiger partial charge in [-0.3, -0.25) is 14.5 Å². The van der Waals surface area contributed by atoms with Crippen LogP contribution in [0.3, 0.4) is 0 Å². The molecule has 190 valence electrons. The van der Waals surface area contributed by atoms with Crippen LogP contribution < -0.4 is 4.90 Å². The number of amides is 2. The molecular weight excluding hydrogens is 487 g/mol. The van der Waals surface area contributed by atoms with Crippen LogP contribution in [0.4, 0.5) is 14.9 Å². The number of nitrogens with zero attached hydrogens (tertiary/aromatic N) is 2. The van der Waals surface area contributed by atoms with Gasteiger partial charge in [-0.05, 0) is 61.1 Å². The van der Waals surface area contributed by atoms with E-state index in [1.807, 2.05) is 11.0 Å². The zero-order valence-corrected chi connectivity index (χ0v) is 20.5. The lowest BCUT2D eigenvalue weighted by atomic mass is 9.81. The van der Waals surface area contributed by atoms with Crippen molar-refractivity contribution in [2.45, 2.75) is 69.7 Å². The van der Waals surface area contributed by atoms with Crippen molar-refractivity contribution < 1.29 is 28.6 Å². The minimum Gasteiger partial charge on any atom is -0.481 e. The third-order valence-electron chi connectivity index (χ3n) is 7.39. The number of hydrogen-bond donors (Lipinski definition) is 1. The van der Waals surface area contributed by atoms with Crippen molar-refractivity contribution in [3.8, 4) is 0 Å². The largest absolute Gasteiger partial charge is 0.481 e. The smallest absolute Gasteiger partial charge is 0.414 e. The number of hydrogen-bond acceptors (Lipinski definition) is 4. The molecule has 1 N–H and O–H groups in total. The number of carbonyl (C=O) groups is 3. The second-order valence-corrected chi connectivity index (χ2v) is 10.2. The van der Waals surface area contributed by atoms with Crippen LogP contribution in [0.1, 0.15) is 62.1 Å². The van der Waals surface area contributed by atoms with Crippen LogP contribution >= 0.6 is 11.6 Å². The molecule has 3 aliphatic rings. The molecule has 7 nitrogen and oxygen atoms in total. The van der Waals surface area contributed by atoms with E-state index in [2.05, 4.69) is 0 Å². The van der Waals surface area contributed by atoms with Crippen molar-refractivity contribution in [1.29, 1.82) is 0 Å². The number of anilines is 1. The van der Waals surface area contributed by atoms with E-state index in [0.717, 1.165) is 37.7 Å². The minimum atomic E-state index is -0.997. The Bertz CT molecular complexity index is 1170. The molecule has 3 atom stereocenters. The summed E-state index contributed by atoms with van der Waals surface area (Å²) in [5, 5.41) is 9.60. The van der Waals surface area contributed by atoms with Crippen LogP contribution in [0.15, 0.2) is 42.5 Å². The van der Waals surface area contributed by atoms with E-state index in [4.69, 9.17) is 21.4 Å². The van der Waals surface area contributed by atoms with Crippen molar-refractivity contribution >= 4 is 35.3 Å². The number of carboxylic acids is 1. The van der Waals surface area contributed by atoms with Gasteiger partial charge in [0.2, 0.25) is 5.91 Å². The number of carboxylic acid groups (broad SMARTS) is 1. The molecule has 1 heterocycles. The molecule has 0 aromatic heterocycles. The molecule has 3 unspecified atom stereocenters. The first-order chi connectivity index (χ1) is 17.3. The Morgan fingerprint density at radius 3 is 2.50 bits per heavy atom. The molecule has 0 spiro atoms. The molecular formula is C27H28ClFN2O5. The van der Waals surface area contributed by atoms with E-state index in [1.54, 1.807) is 29.2 Å². The third-order valence-corrected chi connectivity index (χ3v) is 7.63. The molecule has 0 saturated heterocycles. The predicted octanol–water partition coefficient (Wildman–Crippen LogP) is 5.70. The topological polar surface area (TPSA) is 87.2 Å². The number of ether oxygens (including phenoxy) is 1. The lowest BCUT2D eigenvalue weighted by Crippen LogP contribution is -2.53. The number of carbonyl (C=O) groups excluding carboxylic acids is 2. The number of halogens is 2. The standard InChI is InChI=1S/C27H28ClFN2O5/c28-17-6-11-21-23(14-17)31(27(35)36-15-16-4-7-18(29)8-5-16)22-3-1-2-20(22)26(21)30(19-9-10-19)24(32)12-13-25(33)34/h4-8,11,14,19-20,22,26H,1-3,9-10,12-13,15H2,(H,33,34). The highest BCUT2D eigenvalue weighted by molar-refractivity contribution is 6.31. The summed E-state index contributed by atoms with van der Waals surface area (Å²) in [5.74, 6) is -1.51. The van der Waals surface area contributed by atoms with Crippen molar-refractivity contribution in [1.82, 2.24) is 4.90 Å². The predicted molar refractivity (Wildman–Crippen MR) is 131 cm³/mol. The molecule has 1 aliphatic heterocycles. The molecule has 5 rings (SSSR count). The molecule has 2 aromatic rings.